The van der Waals surface area contributed by atoms with Crippen LogP contribution >= 0.6 is 23.1 Å². The third kappa shape index (κ3) is 4.26. The van der Waals surface area contributed by atoms with Gasteiger partial charge in [0.25, 0.3) is 11.8 Å². The number of nitrogens with two attached hydrogens (primary N) is 1. The highest BCUT2D eigenvalue weighted by Gasteiger charge is 2.54. The first-order valence-electron chi connectivity index (χ1n) is 9.61. The van der Waals surface area contributed by atoms with Gasteiger partial charge in [0.1, 0.15) is 35.2 Å². The van der Waals surface area contributed by atoms with Crippen LogP contribution < -0.4 is 15.8 Å². The average Bonchev–Trinajstić information content (AvgIpc) is 3.26. The van der Waals surface area contributed by atoms with Gasteiger partial charge < -0.3 is 26.1 Å². The number of rotatable bonds is 7. The second kappa shape index (κ2) is 9.41. The number of oxime groups is 1. The zero-order valence-corrected chi connectivity index (χ0v) is 18.8. The lowest BCUT2D eigenvalue weighted by Crippen LogP contribution is -2.71. The lowest BCUT2D eigenvalue weighted by molar-refractivity contribution is -0.150. The first-order chi connectivity index (χ1) is 16.3. The Morgan fingerprint density at radius 3 is 2.71 bits per heavy atom. The lowest BCUT2D eigenvalue weighted by atomic mass is 10.0. The number of β-lactam (4-membered cyclic amide) rings is 1. The maximum absolute atomic E-state index is 12.8. The first-order valence-corrected chi connectivity index (χ1v) is 11.5. The van der Waals surface area contributed by atoms with Crippen LogP contribution in [0.4, 0.5) is 5.13 Å². The summed E-state index contributed by atoms with van der Waals surface area (Å²) >= 11 is 2.32. The molecule has 0 aliphatic carbocycles. The molecule has 0 spiro atoms. The second-order valence-corrected chi connectivity index (χ2v) is 9.06. The Kier molecular flexibility index (Phi) is 6.39. The Labute approximate surface area is 200 Å². The Hall–Kier alpha value is -4.09. The maximum atomic E-state index is 12.8. The molecule has 0 saturated carbocycles. The topological polar surface area (TPSA) is 191 Å². The number of carboxylic acid groups (broad SMARTS) is 1. The number of aliphatic carboxylic acids is 1. The van der Waals surface area contributed by atoms with E-state index in [0.29, 0.717) is 16.9 Å². The van der Waals surface area contributed by atoms with Crippen LogP contribution in [0.25, 0.3) is 0 Å². The first kappa shape index (κ1) is 23.1. The van der Waals surface area contributed by atoms with Gasteiger partial charge in [0.2, 0.25) is 0 Å². The summed E-state index contributed by atoms with van der Waals surface area (Å²) in [5.41, 5.74) is 5.84. The molecule has 174 valence electrons. The Morgan fingerprint density at radius 2 is 2.12 bits per heavy atom. The Balaban J connectivity index is 1.47. The summed E-state index contributed by atoms with van der Waals surface area (Å²) in [5.74, 6) is -2.06. The minimum atomic E-state index is -1.29. The molecule has 3 heterocycles. The van der Waals surface area contributed by atoms with Crippen LogP contribution in [-0.4, -0.2) is 67.5 Å². The second-order valence-electron chi connectivity index (χ2n) is 7.06. The number of hydrogen-bond donors (Lipinski definition) is 4. The number of carboxylic acids is 1. The van der Waals surface area contributed by atoms with Crippen molar-refractivity contribution in [3.63, 3.8) is 0 Å². The third-order valence-electron chi connectivity index (χ3n) is 5.01. The minimum Gasteiger partial charge on any atom is -0.489 e. The van der Waals surface area contributed by atoms with Crippen molar-refractivity contribution in [3.8, 4) is 11.8 Å². The predicted molar refractivity (Wildman–Crippen MR) is 121 cm³/mol. The molecular formula is C20H16N6O6S2. The number of nitrogens with zero attached hydrogens (tertiary/aromatic N) is 4. The van der Waals surface area contributed by atoms with Crippen molar-refractivity contribution >= 4 is 51.7 Å². The van der Waals surface area contributed by atoms with E-state index in [1.165, 1.54) is 17.1 Å². The number of thiazole rings is 1. The number of amides is 2. The maximum Gasteiger partial charge on any atom is 0.352 e. The molecule has 14 heteroatoms. The van der Waals surface area contributed by atoms with E-state index >= 15 is 0 Å². The van der Waals surface area contributed by atoms with Crippen LogP contribution in [0.15, 0.2) is 46.1 Å². The zero-order valence-electron chi connectivity index (χ0n) is 17.2. The highest BCUT2D eigenvalue weighted by Crippen LogP contribution is 2.40. The number of carbonyl (C=O) groups excluding carboxylic acids is 2. The molecule has 1 aromatic heterocycles. The monoisotopic (exact) mass is 500 g/mol. The highest BCUT2D eigenvalue weighted by molar-refractivity contribution is 8.00. The SMILES string of the molecule is N#Cc1ccc(OCC2=C(C(=O)O)N3C(=O)[C@@H](NC(=O)/C(=N\O)c4csc(N)n4)[C@H]3SC2)cc1. The quantitative estimate of drug-likeness (QED) is 0.181. The number of nitrogen functional groups attached to an aromatic ring is 1. The van der Waals surface area contributed by atoms with Gasteiger partial charge in [-0.3, -0.25) is 14.5 Å². The number of benzene rings is 1. The van der Waals surface area contributed by atoms with Gasteiger partial charge in [-0.1, -0.05) is 5.16 Å². The summed E-state index contributed by atoms with van der Waals surface area (Å²) in [6, 6.07) is 7.31. The van der Waals surface area contributed by atoms with Gasteiger partial charge in [-0.2, -0.15) is 5.26 Å². The number of carbonyl (C=O) groups is 3. The molecule has 2 aromatic rings. The fourth-order valence-corrected chi connectivity index (χ4v) is 5.28. The normalized spacial score (nSPS) is 19.7. The van der Waals surface area contributed by atoms with E-state index in [4.69, 9.17) is 15.7 Å². The largest absolute Gasteiger partial charge is 0.489 e. The molecule has 2 amide bonds. The molecule has 34 heavy (non-hydrogen) atoms. The number of aromatic nitrogens is 1. The van der Waals surface area contributed by atoms with Crippen LogP contribution in [0.1, 0.15) is 11.3 Å². The molecule has 0 unspecified atom stereocenters. The summed E-state index contributed by atoms with van der Waals surface area (Å²) in [4.78, 5) is 42.3. The molecule has 0 bridgehead atoms. The predicted octanol–water partition coefficient (Wildman–Crippen LogP) is 0.593. The third-order valence-corrected chi connectivity index (χ3v) is 7.03. The van der Waals surface area contributed by atoms with Gasteiger partial charge in [-0.05, 0) is 24.3 Å². The number of nitrogens with one attached hydrogen (secondary N) is 1. The summed E-state index contributed by atoms with van der Waals surface area (Å²) in [6.45, 7) is -0.0688. The van der Waals surface area contributed by atoms with E-state index < -0.39 is 34.9 Å². The smallest absolute Gasteiger partial charge is 0.352 e. The number of hydrogen-bond acceptors (Lipinski definition) is 11. The van der Waals surface area contributed by atoms with E-state index in [0.717, 1.165) is 16.2 Å². The molecule has 1 fully saturated rings. The highest BCUT2D eigenvalue weighted by atomic mass is 32.2. The van der Waals surface area contributed by atoms with Crippen molar-refractivity contribution in [3.05, 3.63) is 52.2 Å². The van der Waals surface area contributed by atoms with Crippen LogP contribution in [0.2, 0.25) is 0 Å². The Bertz CT molecular complexity index is 1270. The van der Waals surface area contributed by atoms with Gasteiger partial charge in [0.15, 0.2) is 10.8 Å². The molecular weight excluding hydrogens is 484 g/mol. The van der Waals surface area contributed by atoms with E-state index in [9.17, 15) is 24.7 Å². The molecule has 2 atom stereocenters. The van der Waals surface area contributed by atoms with Crippen LogP contribution in [-0.2, 0) is 14.4 Å². The van der Waals surface area contributed by atoms with Crippen molar-refractivity contribution in [2.45, 2.75) is 11.4 Å². The number of thioether (sulfide) groups is 1. The molecule has 5 N–H and O–H groups in total. The standard InChI is InChI=1S/C20H16N6O6S2/c21-5-9-1-3-11(4-2-9)32-6-10-7-33-18-14(17(28)26(18)15(10)19(29)30)24-16(27)13(25-31)12-8-34-20(22)23-12/h1-4,8,14,18,31H,6-7H2,(H2,22,23)(H,24,27)(H,29,30)/b25-13-/t14-,18-/m1/s1. The van der Waals surface area contributed by atoms with Crippen LogP contribution in [0.5, 0.6) is 5.75 Å². The average molecular weight is 501 g/mol. The number of anilines is 1. The zero-order chi connectivity index (χ0) is 24.4. The van der Waals surface area contributed by atoms with Crippen molar-refractivity contribution < 1.29 is 29.4 Å². The molecule has 2 aliphatic heterocycles. The van der Waals surface area contributed by atoms with Crippen molar-refractivity contribution in [2.24, 2.45) is 5.16 Å². The van der Waals surface area contributed by atoms with Gasteiger partial charge in [-0.25, -0.2) is 9.78 Å². The molecule has 1 saturated heterocycles. The summed E-state index contributed by atoms with van der Waals surface area (Å²) in [7, 11) is 0. The minimum absolute atomic E-state index is 0.0517. The summed E-state index contributed by atoms with van der Waals surface area (Å²) < 4.78 is 5.65. The van der Waals surface area contributed by atoms with Gasteiger partial charge in [0.05, 0.1) is 11.6 Å². The molecule has 4 rings (SSSR count). The van der Waals surface area contributed by atoms with E-state index in [1.54, 1.807) is 24.3 Å². The van der Waals surface area contributed by atoms with Gasteiger partial charge >= 0.3 is 5.97 Å². The fourth-order valence-electron chi connectivity index (χ4n) is 3.41. The summed E-state index contributed by atoms with van der Waals surface area (Å²) in [6.07, 6.45) is 0. The number of nitriles is 1. The van der Waals surface area contributed by atoms with Crippen LogP contribution in [0, 0.1) is 11.3 Å². The molecule has 12 nitrogen and oxygen atoms in total. The van der Waals surface area contributed by atoms with Crippen molar-refractivity contribution in [1.29, 1.82) is 5.26 Å². The lowest BCUT2D eigenvalue weighted by Gasteiger charge is -2.49. The fraction of sp³-hybridized carbons (Fsp3) is 0.200. The van der Waals surface area contributed by atoms with Gasteiger partial charge in [0, 0.05) is 16.7 Å². The summed E-state index contributed by atoms with van der Waals surface area (Å²) in [5, 5.41) is 34.2. The molecule has 2 aliphatic rings. The van der Waals surface area contributed by atoms with Gasteiger partial charge in [-0.15, -0.1) is 23.1 Å². The Morgan fingerprint density at radius 1 is 1.38 bits per heavy atom. The van der Waals surface area contributed by atoms with Crippen molar-refractivity contribution in [2.75, 3.05) is 18.1 Å². The number of fused-ring (bicyclic) bond motifs is 1. The molecule has 0 radical (unpaired) electrons. The number of ether oxygens (including phenoxy) is 1. The van der Waals surface area contributed by atoms with E-state index in [1.807, 2.05) is 6.07 Å². The van der Waals surface area contributed by atoms with E-state index in [2.05, 4.69) is 15.5 Å². The van der Waals surface area contributed by atoms with Crippen molar-refractivity contribution in [1.82, 2.24) is 15.2 Å². The van der Waals surface area contributed by atoms with E-state index in [-0.39, 0.29) is 28.9 Å². The van der Waals surface area contributed by atoms with Crippen LogP contribution in [0.3, 0.4) is 0 Å². The molecule has 1 aromatic carbocycles.